The zero-order valence-corrected chi connectivity index (χ0v) is 12.2. The van der Waals surface area contributed by atoms with Crippen LogP contribution in [0.3, 0.4) is 0 Å². The van der Waals surface area contributed by atoms with Crippen molar-refractivity contribution in [3.05, 3.63) is 65.7 Å². The number of carbonyl (C=O) groups is 1. The number of para-hydroxylation sites is 1. The van der Waals surface area contributed by atoms with Crippen LogP contribution in [0.1, 0.15) is 15.9 Å². The third-order valence-corrected chi connectivity index (χ3v) is 3.18. The average Bonchev–Trinajstić information content (AvgIpc) is 2.49. The summed E-state index contributed by atoms with van der Waals surface area (Å²) in [6, 6.07) is 17.1. The summed E-state index contributed by atoms with van der Waals surface area (Å²) in [4.78, 5) is 13.2. The number of likely N-dealkylation sites (N-methyl/N-ethyl adjacent to an activating group) is 1. The van der Waals surface area contributed by atoms with Gasteiger partial charge in [-0.05, 0) is 36.9 Å². The van der Waals surface area contributed by atoms with Crippen molar-refractivity contribution in [1.82, 2.24) is 4.90 Å². The molecule has 0 atom stereocenters. The Kier molecular flexibility index (Phi) is 5.35. The maximum atomic E-state index is 11.0. The molecule has 21 heavy (non-hydrogen) atoms. The minimum Gasteiger partial charge on any atom is -0.492 e. The third-order valence-electron chi connectivity index (χ3n) is 3.18. The molecule has 2 N–H and O–H groups in total. The molecule has 0 unspecified atom stereocenters. The number of primary amides is 1. The fourth-order valence-electron chi connectivity index (χ4n) is 2.00. The number of hydrogen-bond donors (Lipinski definition) is 1. The first-order chi connectivity index (χ1) is 10.1. The van der Waals surface area contributed by atoms with Gasteiger partial charge in [0.15, 0.2) is 0 Å². The topological polar surface area (TPSA) is 55.6 Å². The van der Waals surface area contributed by atoms with Gasteiger partial charge in [0.25, 0.3) is 0 Å². The zero-order valence-electron chi connectivity index (χ0n) is 12.2. The lowest BCUT2D eigenvalue weighted by Crippen LogP contribution is -2.24. The van der Waals surface area contributed by atoms with Crippen molar-refractivity contribution in [2.75, 3.05) is 20.2 Å². The molecule has 0 radical (unpaired) electrons. The number of nitrogens with zero attached hydrogens (tertiary/aromatic N) is 1. The number of benzene rings is 2. The number of nitrogens with two attached hydrogens (primary N) is 1. The largest absolute Gasteiger partial charge is 0.492 e. The average molecular weight is 284 g/mol. The number of amides is 1. The van der Waals surface area contributed by atoms with E-state index in [9.17, 15) is 4.79 Å². The van der Waals surface area contributed by atoms with Gasteiger partial charge in [0.1, 0.15) is 12.4 Å². The van der Waals surface area contributed by atoms with Crippen molar-refractivity contribution in [1.29, 1.82) is 0 Å². The van der Waals surface area contributed by atoms with Crippen molar-refractivity contribution in [2.45, 2.75) is 6.54 Å². The van der Waals surface area contributed by atoms with Crippen LogP contribution in [0.15, 0.2) is 54.6 Å². The van der Waals surface area contributed by atoms with Crippen molar-refractivity contribution < 1.29 is 9.53 Å². The lowest BCUT2D eigenvalue weighted by Gasteiger charge is -2.17. The van der Waals surface area contributed by atoms with Gasteiger partial charge >= 0.3 is 0 Å². The summed E-state index contributed by atoms with van der Waals surface area (Å²) in [5.74, 6) is 0.489. The van der Waals surface area contributed by atoms with Gasteiger partial charge in [-0.15, -0.1) is 0 Å². The summed E-state index contributed by atoms with van der Waals surface area (Å²) in [6.07, 6.45) is 0. The fraction of sp³-hybridized carbons (Fsp3) is 0.235. The number of rotatable bonds is 7. The first-order valence-corrected chi connectivity index (χ1v) is 6.90. The summed E-state index contributed by atoms with van der Waals surface area (Å²) in [5.41, 5.74) is 6.90. The Morgan fingerprint density at radius 1 is 1.10 bits per heavy atom. The Bertz CT molecular complexity index is 567. The Hall–Kier alpha value is -2.33. The summed E-state index contributed by atoms with van der Waals surface area (Å²) in [7, 11) is 2.04. The quantitative estimate of drug-likeness (QED) is 0.848. The summed E-state index contributed by atoms with van der Waals surface area (Å²) < 4.78 is 5.66. The highest BCUT2D eigenvalue weighted by Crippen LogP contribution is 2.09. The molecule has 0 aromatic heterocycles. The first-order valence-electron chi connectivity index (χ1n) is 6.90. The minimum absolute atomic E-state index is 0.397. The van der Waals surface area contributed by atoms with E-state index in [4.69, 9.17) is 10.5 Å². The molecule has 0 heterocycles. The minimum atomic E-state index is -0.397. The van der Waals surface area contributed by atoms with Gasteiger partial charge in [0, 0.05) is 18.7 Å². The third kappa shape index (κ3) is 4.93. The zero-order chi connectivity index (χ0) is 15.1. The second-order valence-corrected chi connectivity index (χ2v) is 4.96. The molecule has 2 aromatic rings. The molecule has 0 bridgehead atoms. The van der Waals surface area contributed by atoms with Crippen LogP contribution in [-0.4, -0.2) is 31.0 Å². The summed E-state index contributed by atoms with van der Waals surface area (Å²) >= 11 is 0. The summed E-state index contributed by atoms with van der Waals surface area (Å²) in [6.45, 7) is 2.27. The molecule has 0 saturated carbocycles. The van der Waals surface area contributed by atoms with Crippen LogP contribution in [-0.2, 0) is 6.54 Å². The SMILES string of the molecule is CN(CCOc1ccccc1)Cc1ccc(C(N)=O)cc1. The molecule has 0 fully saturated rings. The highest BCUT2D eigenvalue weighted by atomic mass is 16.5. The van der Waals surface area contributed by atoms with E-state index in [1.807, 2.05) is 49.5 Å². The van der Waals surface area contributed by atoms with Gasteiger partial charge in [-0.2, -0.15) is 0 Å². The molecule has 0 spiro atoms. The highest BCUT2D eigenvalue weighted by Gasteiger charge is 2.03. The van der Waals surface area contributed by atoms with Crippen LogP contribution >= 0.6 is 0 Å². The molecular weight excluding hydrogens is 264 g/mol. The molecule has 1 amide bonds. The smallest absolute Gasteiger partial charge is 0.248 e. The second kappa shape index (κ2) is 7.45. The monoisotopic (exact) mass is 284 g/mol. The first kappa shape index (κ1) is 15.1. The predicted molar refractivity (Wildman–Crippen MR) is 83.2 cm³/mol. The molecule has 2 aromatic carbocycles. The molecule has 0 aliphatic rings. The van der Waals surface area contributed by atoms with Crippen molar-refractivity contribution in [3.63, 3.8) is 0 Å². The number of ether oxygens (including phenoxy) is 1. The normalized spacial score (nSPS) is 10.6. The molecule has 2 rings (SSSR count). The van der Waals surface area contributed by atoms with Crippen LogP contribution in [0.2, 0.25) is 0 Å². The van der Waals surface area contributed by atoms with E-state index >= 15 is 0 Å². The van der Waals surface area contributed by atoms with Crippen molar-refractivity contribution >= 4 is 5.91 Å². The van der Waals surface area contributed by atoms with Gasteiger partial charge in [-0.3, -0.25) is 9.69 Å². The van der Waals surface area contributed by atoms with Crippen molar-refractivity contribution in [3.8, 4) is 5.75 Å². The summed E-state index contributed by atoms with van der Waals surface area (Å²) in [5, 5.41) is 0. The van der Waals surface area contributed by atoms with E-state index in [0.29, 0.717) is 12.2 Å². The van der Waals surface area contributed by atoms with Crippen LogP contribution in [0.25, 0.3) is 0 Å². The van der Waals surface area contributed by atoms with Gasteiger partial charge < -0.3 is 10.5 Å². The standard InChI is InChI=1S/C17H20N2O2/c1-19(11-12-21-16-5-3-2-4-6-16)13-14-7-9-15(10-8-14)17(18)20/h2-10H,11-13H2,1H3,(H2,18,20). The van der Waals surface area contributed by atoms with Crippen LogP contribution in [0.5, 0.6) is 5.75 Å². The predicted octanol–water partition coefficient (Wildman–Crippen LogP) is 2.30. The molecular formula is C17H20N2O2. The fourth-order valence-corrected chi connectivity index (χ4v) is 2.00. The van der Waals surface area contributed by atoms with Gasteiger partial charge in [-0.25, -0.2) is 0 Å². The molecule has 0 aliphatic carbocycles. The van der Waals surface area contributed by atoms with Gasteiger partial charge in [-0.1, -0.05) is 30.3 Å². The van der Waals surface area contributed by atoms with E-state index in [-0.39, 0.29) is 0 Å². The van der Waals surface area contributed by atoms with E-state index in [2.05, 4.69) is 4.90 Å². The van der Waals surface area contributed by atoms with Gasteiger partial charge in [0.05, 0.1) is 0 Å². The Balaban J connectivity index is 1.76. The molecule has 110 valence electrons. The molecule has 4 heteroatoms. The highest BCUT2D eigenvalue weighted by molar-refractivity contribution is 5.92. The maximum absolute atomic E-state index is 11.0. The van der Waals surface area contributed by atoms with Crippen LogP contribution in [0, 0.1) is 0 Å². The maximum Gasteiger partial charge on any atom is 0.248 e. The lowest BCUT2D eigenvalue weighted by molar-refractivity contribution is 0.100. The lowest BCUT2D eigenvalue weighted by atomic mass is 10.1. The second-order valence-electron chi connectivity index (χ2n) is 4.96. The number of hydrogen-bond acceptors (Lipinski definition) is 3. The van der Waals surface area contributed by atoms with Crippen molar-refractivity contribution in [2.24, 2.45) is 5.73 Å². The Labute approximate surface area is 125 Å². The van der Waals surface area contributed by atoms with E-state index in [1.54, 1.807) is 12.1 Å². The van der Waals surface area contributed by atoms with E-state index < -0.39 is 5.91 Å². The molecule has 0 saturated heterocycles. The van der Waals surface area contributed by atoms with E-state index in [1.165, 1.54) is 0 Å². The Morgan fingerprint density at radius 2 is 1.76 bits per heavy atom. The molecule has 0 aliphatic heterocycles. The van der Waals surface area contributed by atoms with Gasteiger partial charge in [0.2, 0.25) is 5.91 Å². The Morgan fingerprint density at radius 3 is 2.38 bits per heavy atom. The van der Waals surface area contributed by atoms with Crippen LogP contribution < -0.4 is 10.5 Å². The van der Waals surface area contributed by atoms with Crippen LogP contribution in [0.4, 0.5) is 0 Å². The number of carbonyl (C=O) groups excluding carboxylic acids is 1. The molecule has 4 nitrogen and oxygen atoms in total. The van der Waals surface area contributed by atoms with E-state index in [0.717, 1.165) is 24.4 Å².